The lowest BCUT2D eigenvalue weighted by atomic mass is 10.2. The van der Waals surface area contributed by atoms with Gasteiger partial charge in [-0.2, -0.15) is 18.2 Å². The first-order valence-corrected chi connectivity index (χ1v) is 11.0. The smallest absolute Gasteiger partial charge is 0.416 e. The summed E-state index contributed by atoms with van der Waals surface area (Å²) < 4.78 is 60.3. The second-order valence-corrected chi connectivity index (χ2v) is 7.75. The van der Waals surface area contributed by atoms with Crippen molar-refractivity contribution in [3.05, 3.63) is 84.6 Å². The number of carboxylic acids is 2. The van der Waals surface area contributed by atoms with Gasteiger partial charge in [0.05, 0.1) is 16.8 Å². The fraction of sp³-hybridized carbons (Fsp3) is 0.0800. The van der Waals surface area contributed by atoms with Crippen LogP contribution in [0.4, 0.5) is 33.7 Å². The zero-order chi connectivity index (χ0) is 29.4. The lowest BCUT2D eigenvalue weighted by Gasteiger charge is -2.12. The SMILES string of the molecule is Cn1ccc2ncnc(Oc3ccc(NC(=O)Nc4cccc(C(F)(F)F)c4)c(F)c3)c21.O=C(O)/C=C\C(=O)O. The van der Waals surface area contributed by atoms with Crippen LogP contribution >= 0.6 is 0 Å². The van der Waals surface area contributed by atoms with Crippen molar-refractivity contribution in [1.82, 2.24) is 14.5 Å². The van der Waals surface area contributed by atoms with E-state index in [1.807, 2.05) is 0 Å². The monoisotopic (exact) mass is 561 g/mol. The molecule has 208 valence electrons. The molecule has 0 atom stereocenters. The number of fused-ring (bicyclic) bond motifs is 1. The Bertz CT molecular complexity index is 1570. The van der Waals surface area contributed by atoms with E-state index in [2.05, 4.69) is 20.6 Å². The quantitative estimate of drug-likeness (QED) is 0.183. The van der Waals surface area contributed by atoms with Gasteiger partial charge in [0.1, 0.15) is 23.4 Å². The molecule has 40 heavy (non-hydrogen) atoms. The van der Waals surface area contributed by atoms with Crippen molar-refractivity contribution in [1.29, 1.82) is 0 Å². The van der Waals surface area contributed by atoms with E-state index < -0.39 is 35.5 Å². The number of hydrogen-bond acceptors (Lipinski definition) is 6. The summed E-state index contributed by atoms with van der Waals surface area (Å²) in [5.74, 6) is -2.96. The lowest BCUT2D eigenvalue weighted by Crippen LogP contribution is -2.20. The first kappa shape index (κ1) is 29.1. The molecule has 4 N–H and O–H groups in total. The maximum Gasteiger partial charge on any atom is 0.416 e. The molecule has 11 nitrogen and oxygen atoms in total. The van der Waals surface area contributed by atoms with Crippen molar-refractivity contribution in [2.45, 2.75) is 6.18 Å². The number of ether oxygens (including phenoxy) is 1. The molecule has 15 heteroatoms. The van der Waals surface area contributed by atoms with Gasteiger partial charge in [0.15, 0.2) is 0 Å². The summed E-state index contributed by atoms with van der Waals surface area (Å²) in [5.41, 5.74) is 0.0830. The third-order valence-corrected chi connectivity index (χ3v) is 4.85. The highest BCUT2D eigenvalue weighted by Crippen LogP contribution is 2.31. The maximum atomic E-state index is 14.5. The summed E-state index contributed by atoms with van der Waals surface area (Å²) >= 11 is 0. The number of aromatic nitrogens is 3. The number of carbonyl (C=O) groups is 3. The number of amides is 2. The molecule has 2 aromatic heterocycles. The van der Waals surface area contributed by atoms with Crippen LogP contribution in [0.15, 0.2) is 73.2 Å². The number of carbonyl (C=O) groups excluding carboxylic acids is 1. The second-order valence-electron chi connectivity index (χ2n) is 7.75. The van der Waals surface area contributed by atoms with E-state index in [-0.39, 0.29) is 23.0 Å². The van der Waals surface area contributed by atoms with E-state index in [1.165, 1.54) is 24.5 Å². The molecule has 0 fully saturated rings. The van der Waals surface area contributed by atoms with E-state index in [9.17, 15) is 31.9 Å². The number of urea groups is 1. The van der Waals surface area contributed by atoms with E-state index >= 15 is 0 Å². The van der Waals surface area contributed by atoms with Crippen molar-refractivity contribution in [3.63, 3.8) is 0 Å². The van der Waals surface area contributed by atoms with Gasteiger partial charge in [-0.1, -0.05) is 6.07 Å². The predicted molar refractivity (Wildman–Crippen MR) is 133 cm³/mol. The molecule has 2 heterocycles. The molecular weight excluding hydrogens is 542 g/mol. The van der Waals surface area contributed by atoms with Gasteiger partial charge in [-0.05, 0) is 36.4 Å². The van der Waals surface area contributed by atoms with Crippen LogP contribution < -0.4 is 15.4 Å². The number of nitrogens with zero attached hydrogens (tertiary/aromatic N) is 3. The van der Waals surface area contributed by atoms with Gasteiger partial charge in [0.25, 0.3) is 0 Å². The summed E-state index contributed by atoms with van der Waals surface area (Å²) in [4.78, 5) is 39.4. The second kappa shape index (κ2) is 12.4. The van der Waals surface area contributed by atoms with Crippen LogP contribution in [0.1, 0.15) is 5.56 Å². The van der Waals surface area contributed by atoms with Crippen LogP contribution in [-0.2, 0) is 22.8 Å². The highest BCUT2D eigenvalue weighted by molar-refractivity contribution is 6.00. The molecule has 0 saturated carbocycles. The van der Waals surface area contributed by atoms with Gasteiger partial charge in [0, 0.05) is 37.2 Å². The minimum Gasteiger partial charge on any atom is -0.478 e. The van der Waals surface area contributed by atoms with Crippen molar-refractivity contribution in [2.75, 3.05) is 10.6 Å². The van der Waals surface area contributed by atoms with Crippen molar-refractivity contribution in [2.24, 2.45) is 7.05 Å². The van der Waals surface area contributed by atoms with E-state index in [0.29, 0.717) is 23.2 Å². The Hall–Kier alpha value is -5.47. The number of aryl methyl sites for hydroxylation is 1. The number of halogens is 4. The topological polar surface area (TPSA) is 156 Å². The van der Waals surface area contributed by atoms with Gasteiger partial charge < -0.3 is 30.2 Å². The van der Waals surface area contributed by atoms with E-state index in [1.54, 1.807) is 23.9 Å². The Balaban J connectivity index is 0.000000482. The number of carboxylic acid groups (broad SMARTS) is 2. The van der Waals surface area contributed by atoms with Gasteiger partial charge in [-0.25, -0.2) is 23.8 Å². The molecule has 0 aliphatic carbocycles. The van der Waals surface area contributed by atoms with Gasteiger partial charge in [0.2, 0.25) is 5.88 Å². The number of anilines is 2. The molecule has 0 saturated heterocycles. The van der Waals surface area contributed by atoms with Gasteiger partial charge in [-0.3, -0.25) is 0 Å². The van der Waals surface area contributed by atoms with Crippen LogP contribution in [0.5, 0.6) is 11.6 Å². The Morgan fingerprint density at radius 2 is 1.68 bits per heavy atom. The highest BCUT2D eigenvalue weighted by Gasteiger charge is 2.30. The third-order valence-electron chi connectivity index (χ3n) is 4.85. The van der Waals surface area contributed by atoms with Crippen LogP contribution in [-0.4, -0.2) is 42.7 Å². The van der Waals surface area contributed by atoms with Crippen molar-refractivity contribution < 1.29 is 46.9 Å². The fourth-order valence-corrected chi connectivity index (χ4v) is 3.13. The van der Waals surface area contributed by atoms with E-state index in [4.69, 9.17) is 14.9 Å². The summed E-state index contributed by atoms with van der Waals surface area (Å²) in [7, 11) is 1.79. The van der Waals surface area contributed by atoms with Crippen LogP contribution in [0.3, 0.4) is 0 Å². The Labute approximate surface area is 222 Å². The van der Waals surface area contributed by atoms with E-state index in [0.717, 1.165) is 24.3 Å². The average Bonchev–Trinajstić information content (AvgIpc) is 3.26. The molecule has 4 rings (SSSR count). The molecule has 0 bridgehead atoms. The van der Waals surface area contributed by atoms with Gasteiger partial charge in [-0.15, -0.1) is 0 Å². The standard InChI is InChI=1S/C21H15F4N5O2.C4H4O4/c1-30-8-7-17-18(30)19(27-11-26-17)32-14-5-6-16(15(22)10-14)29-20(31)28-13-4-2-3-12(9-13)21(23,24)25;5-3(6)1-2-4(7)8/h2-11H,1H3,(H2,28,29,31);1-2H,(H,5,6)(H,7,8)/b;2-1-. The first-order valence-electron chi connectivity index (χ1n) is 11.0. The molecule has 2 aromatic carbocycles. The Morgan fingerprint density at radius 1 is 0.975 bits per heavy atom. The molecular formula is C25H19F4N5O6. The third kappa shape index (κ3) is 8.01. The number of hydrogen-bond donors (Lipinski definition) is 4. The van der Waals surface area contributed by atoms with Crippen molar-refractivity contribution >= 4 is 40.4 Å². The Kier molecular flexibility index (Phi) is 9.01. The summed E-state index contributed by atoms with van der Waals surface area (Å²) in [5, 5.41) is 20.1. The van der Waals surface area contributed by atoms with Crippen LogP contribution in [0, 0.1) is 5.82 Å². The average molecular weight is 561 g/mol. The summed E-state index contributed by atoms with van der Waals surface area (Å²) in [6, 6.07) is 8.70. The maximum absolute atomic E-state index is 14.5. The molecule has 0 aliphatic rings. The number of aliphatic carboxylic acids is 2. The summed E-state index contributed by atoms with van der Waals surface area (Å²) in [6.07, 6.45) is -0.333. The highest BCUT2D eigenvalue weighted by atomic mass is 19.4. The summed E-state index contributed by atoms with van der Waals surface area (Å²) in [6.45, 7) is 0. The Morgan fingerprint density at radius 3 is 2.30 bits per heavy atom. The predicted octanol–water partition coefficient (Wildman–Crippen LogP) is 5.27. The number of nitrogens with one attached hydrogen (secondary N) is 2. The minimum absolute atomic E-state index is 0.0898. The molecule has 0 aliphatic heterocycles. The van der Waals surface area contributed by atoms with Crippen LogP contribution in [0.25, 0.3) is 11.0 Å². The zero-order valence-corrected chi connectivity index (χ0v) is 20.3. The first-order chi connectivity index (χ1) is 18.8. The number of rotatable bonds is 6. The van der Waals surface area contributed by atoms with Crippen molar-refractivity contribution in [3.8, 4) is 11.6 Å². The molecule has 0 spiro atoms. The van der Waals surface area contributed by atoms with Gasteiger partial charge >= 0.3 is 24.1 Å². The molecule has 4 aromatic rings. The normalized spacial score (nSPS) is 11.0. The minimum atomic E-state index is -4.55. The molecule has 0 radical (unpaired) electrons. The molecule has 2 amide bonds. The molecule has 0 unspecified atom stereocenters. The van der Waals surface area contributed by atoms with Crippen LogP contribution in [0.2, 0.25) is 0 Å². The number of alkyl halides is 3. The fourth-order valence-electron chi connectivity index (χ4n) is 3.13. The number of benzene rings is 2. The zero-order valence-electron chi connectivity index (χ0n) is 20.3. The lowest BCUT2D eigenvalue weighted by molar-refractivity contribution is -0.137. The largest absolute Gasteiger partial charge is 0.478 e.